The molecule has 2 amide bonds. The Balaban J connectivity index is 1.47. The third kappa shape index (κ3) is 3.71. The molecule has 2 N–H and O–H groups in total. The molecule has 0 radical (unpaired) electrons. The molecule has 2 aliphatic heterocycles. The van der Waals surface area contributed by atoms with E-state index in [0.29, 0.717) is 5.13 Å². The van der Waals surface area contributed by atoms with Gasteiger partial charge in [0.15, 0.2) is 0 Å². The van der Waals surface area contributed by atoms with Gasteiger partial charge in [0.25, 0.3) is 0 Å². The Hall–Kier alpha value is -1.21. The standard InChI is InChI=1S/C14H23N5OS/c1-10-17-18-13(21-10)16-14(20)19-7-4-11(5-8-19)12-3-2-6-15-9-12/h11-12,15H,2-9H2,1H3,(H,16,18,20). The molecule has 116 valence electrons. The van der Waals surface area contributed by atoms with E-state index in [1.807, 2.05) is 11.8 Å². The summed E-state index contributed by atoms with van der Waals surface area (Å²) in [6.45, 7) is 5.91. The molecule has 2 fully saturated rings. The first-order valence-corrected chi connectivity index (χ1v) is 8.61. The van der Waals surface area contributed by atoms with Gasteiger partial charge in [-0.05, 0) is 57.5 Å². The molecule has 1 aromatic rings. The van der Waals surface area contributed by atoms with Gasteiger partial charge in [-0.1, -0.05) is 11.3 Å². The van der Waals surface area contributed by atoms with Crippen LogP contribution in [0.4, 0.5) is 9.93 Å². The van der Waals surface area contributed by atoms with Crippen LogP contribution in [0.15, 0.2) is 0 Å². The van der Waals surface area contributed by atoms with E-state index in [1.54, 1.807) is 0 Å². The van der Waals surface area contributed by atoms with Crippen LogP contribution in [0.1, 0.15) is 30.7 Å². The lowest BCUT2D eigenvalue weighted by molar-refractivity contribution is 0.146. The molecule has 0 aromatic carbocycles. The maximum atomic E-state index is 12.2. The molecule has 2 aliphatic rings. The van der Waals surface area contributed by atoms with E-state index < -0.39 is 0 Å². The Morgan fingerprint density at radius 1 is 1.29 bits per heavy atom. The number of hydrogen-bond donors (Lipinski definition) is 2. The van der Waals surface area contributed by atoms with Crippen LogP contribution >= 0.6 is 11.3 Å². The van der Waals surface area contributed by atoms with Crippen molar-refractivity contribution in [1.82, 2.24) is 20.4 Å². The summed E-state index contributed by atoms with van der Waals surface area (Å²) in [6.07, 6.45) is 4.87. The molecule has 6 nitrogen and oxygen atoms in total. The fraction of sp³-hybridized carbons (Fsp3) is 0.786. The molecule has 0 spiro atoms. The van der Waals surface area contributed by atoms with E-state index >= 15 is 0 Å². The number of aryl methyl sites for hydroxylation is 1. The molecule has 0 aliphatic carbocycles. The topological polar surface area (TPSA) is 70.2 Å². The van der Waals surface area contributed by atoms with Gasteiger partial charge in [0.05, 0.1) is 0 Å². The molecule has 21 heavy (non-hydrogen) atoms. The minimum absolute atomic E-state index is 0.0358. The maximum absolute atomic E-state index is 12.2. The van der Waals surface area contributed by atoms with Crippen molar-refractivity contribution in [3.8, 4) is 0 Å². The van der Waals surface area contributed by atoms with E-state index in [1.165, 1.54) is 30.7 Å². The number of amides is 2. The van der Waals surface area contributed by atoms with Gasteiger partial charge >= 0.3 is 6.03 Å². The molecule has 1 aromatic heterocycles. The van der Waals surface area contributed by atoms with Crippen LogP contribution in [0, 0.1) is 18.8 Å². The Labute approximate surface area is 129 Å². The fourth-order valence-corrected chi connectivity index (χ4v) is 3.95. The number of nitrogens with zero attached hydrogens (tertiary/aromatic N) is 3. The van der Waals surface area contributed by atoms with Crippen LogP contribution in [0.25, 0.3) is 0 Å². The second kappa shape index (κ2) is 6.70. The molecule has 1 unspecified atom stereocenters. The highest BCUT2D eigenvalue weighted by atomic mass is 32.1. The van der Waals surface area contributed by atoms with E-state index in [2.05, 4.69) is 20.8 Å². The third-order valence-electron chi connectivity index (χ3n) is 4.57. The Morgan fingerprint density at radius 2 is 2.10 bits per heavy atom. The molecule has 3 rings (SSSR count). The Bertz CT molecular complexity index is 477. The lowest BCUT2D eigenvalue weighted by atomic mass is 9.80. The largest absolute Gasteiger partial charge is 0.324 e. The molecular formula is C14H23N5OS. The first kappa shape index (κ1) is 14.7. The summed E-state index contributed by atoms with van der Waals surface area (Å²) >= 11 is 1.41. The van der Waals surface area contributed by atoms with Gasteiger partial charge in [-0.3, -0.25) is 5.32 Å². The summed E-state index contributed by atoms with van der Waals surface area (Å²) in [6, 6.07) is -0.0358. The zero-order valence-electron chi connectivity index (χ0n) is 12.5. The minimum atomic E-state index is -0.0358. The number of rotatable bonds is 2. The number of nitrogens with one attached hydrogen (secondary N) is 2. The van der Waals surface area contributed by atoms with E-state index in [9.17, 15) is 4.79 Å². The highest BCUT2D eigenvalue weighted by Gasteiger charge is 2.29. The minimum Gasteiger partial charge on any atom is -0.324 e. The summed E-state index contributed by atoms with van der Waals surface area (Å²) in [7, 11) is 0. The second-order valence-electron chi connectivity index (χ2n) is 5.99. The van der Waals surface area contributed by atoms with Gasteiger partial charge in [-0.2, -0.15) is 0 Å². The van der Waals surface area contributed by atoms with E-state index in [0.717, 1.165) is 49.3 Å². The number of carbonyl (C=O) groups excluding carboxylic acids is 1. The molecule has 0 saturated carbocycles. The van der Waals surface area contributed by atoms with Gasteiger partial charge < -0.3 is 10.2 Å². The number of urea groups is 1. The van der Waals surface area contributed by atoms with E-state index in [-0.39, 0.29) is 6.03 Å². The zero-order chi connectivity index (χ0) is 14.7. The fourth-order valence-electron chi connectivity index (χ4n) is 3.37. The van der Waals surface area contributed by atoms with Crippen LogP contribution in [-0.4, -0.2) is 47.3 Å². The van der Waals surface area contributed by atoms with Crippen molar-refractivity contribution in [2.75, 3.05) is 31.5 Å². The SMILES string of the molecule is Cc1nnc(NC(=O)N2CCC(C3CCCNC3)CC2)s1. The smallest absolute Gasteiger partial charge is 0.323 e. The quantitative estimate of drug-likeness (QED) is 0.877. The number of likely N-dealkylation sites (tertiary alicyclic amines) is 1. The summed E-state index contributed by atoms with van der Waals surface area (Å²) in [4.78, 5) is 14.1. The van der Waals surface area contributed by atoms with Crippen LogP contribution in [0.3, 0.4) is 0 Å². The van der Waals surface area contributed by atoms with Gasteiger partial charge in [0.2, 0.25) is 5.13 Å². The Kier molecular flexibility index (Phi) is 4.70. The molecular weight excluding hydrogens is 286 g/mol. The van der Waals surface area contributed by atoms with Gasteiger partial charge in [0, 0.05) is 13.1 Å². The highest BCUT2D eigenvalue weighted by molar-refractivity contribution is 7.15. The number of hydrogen-bond acceptors (Lipinski definition) is 5. The summed E-state index contributed by atoms with van der Waals surface area (Å²) < 4.78 is 0. The van der Waals surface area contributed by atoms with Crippen molar-refractivity contribution < 1.29 is 4.79 Å². The third-order valence-corrected chi connectivity index (χ3v) is 5.32. The van der Waals surface area contributed by atoms with Crippen molar-refractivity contribution >= 4 is 22.5 Å². The van der Waals surface area contributed by atoms with E-state index in [4.69, 9.17) is 0 Å². The number of piperidine rings is 2. The van der Waals surface area contributed by atoms with Crippen LogP contribution in [0.5, 0.6) is 0 Å². The van der Waals surface area contributed by atoms with Gasteiger partial charge in [-0.25, -0.2) is 4.79 Å². The predicted molar refractivity (Wildman–Crippen MR) is 83.6 cm³/mol. The Morgan fingerprint density at radius 3 is 2.71 bits per heavy atom. The average molecular weight is 309 g/mol. The van der Waals surface area contributed by atoms with Crippen LogP contribution < -0.4 is 10.6 Å². The van der Waals surface area contributed by atoms with Crippen molar-refractivity contribution in [3.05, 3.63) is 5.01 Å². The molecule has 3 heterocycles. The zero-order valence-corrected chi connectivity index (χ0v) is 13.3. The molecule has 0 bridgehead atoms. The molecule has 1 atom stereocenters. The molecule has 7 heteroatoms. The number of anilines is 1. The normalized spacial score (nSPS) is 24.0. The summed E-state index contributed by atoms with van der Waals surface area (Å²) in [5.41, 5.74) is 0. The number of aromatic nitrogens is 2. The van der Waals surface area contributed by atoms with Gasteiger partial charge in [-0.15, -0.1) is 10.2 Å². The lowest BCUT2D eigenvalue weighted by Gasteiger charge is -2.37. The average Bonchev–Trinajstić information content (AvgIpc) is 2.93. The predicted octanol–water partition coefficient (Wildman–Crippen LogP) is 2.09. The summed E-state index contributed by atoms with van der Waals surface area (Å²) in [5.74, 6) is 1.57. The molecule has 2 saturated heterocycles. The van der Waals surface area contributed by atoms with Crippen molar-refractivity contribution in [2.45, 2.75) is 32.6 Å². The van der Waals surface area contributed by atoms with Crippen molar-refractivity contribution in [3.63, 3.8) is 0 Å². The number of carbonyl (C=O) groups is 1. The highest BCUT2D eigenvalue weighted by Crippen LogP contribution is 2.29. The second-order valence-corrected chi connectivity index (χ2v) is 7.17. The van der Waals surface area contributed by atoms with Crippen molar-refractivity contribution in [2.24, 2.45) is 11.8 Å². The monoisotopic (exact) mass is 309 g/mol. The first-order chi connectivity index (χ1) is 10.2. The van der Waals surface area contributed by atoms with Gasteiger partial charge in [0.1, 0.15) is 5.01 Å². The van der Waals surface area contributed by atoms with Crippen LogP contribution in [-0.2, 0) is 0 Å². The maximum Gasteiger partial charge on any atom is 0.323 e. The summed E-state index contributed by atoms with van der Waals surface area (Å²) in [5, 5.41) is 15.7. The first-order valence-electron chi connectivity index (χ1n) is 7.79. The van der Waals surface area contributed by atoms with Crippen LogP contribution in [0.2, 0.25) is 0 Å². The van der Waals surface area contributed by atoms with Crippen molar-refractivity contribution in [1.29, 1.82) is 0 Å². The lowest BCUT2D eigenvalue weighted by Crippen LogP contribution is -2.44.